The van der Waals surface area contributed by atoms with Crippen molar-refractivity contribution in [2.24, 2.45) is 0 Å². The average Bonchev–Trinajstić information content (AvgIpc) is 2.76. The van der Waals surface area contributed by atoms with Gasteiger partial charge in [-0.1, -0.05) is 58.5 Å². The molecule has 0 aliphatic carbocycles. The number of rotatable bonds is 3. The third kappa shape index (κ3) is 3.79. The van der Waals surface area contributed by atoms with Crippen molar-refractivity contribution >= 4 is 56.2 Å². The van der Waals surface area contributed by atoms with Crippen molar-refractivity contribution in [3.8, 4) is 0 Å². The number of amides is 1. The number of likely N-dealkylation sites (tertiary alicyclic amines) is 1. The van der Waals surface area contributed by atoms with Crippen LogP contribution in [-0.4, -0.2) is 39.8 Å². The van der Waals surface area contributed by atoms with Crippen LogP contribution < -0.4 is 0 Å². The summed E-state index contributed by atoms with van der Waals surface area (Å²) in [4.78, 5) is 17.3. The summed E-state index contributed by atoms with van der Waals surface area (Å²) in [6.45, 7) is 2.74. The van der Waals surface area contributed by atoms with E-state index in [4.69, 9.17) is 12.2 Å². The molecule has 0 spiro atoms. The maximum Gasteiger partial charge on any atom is 0.267 e. The summed E-state index contributed by atoms with van der Waals surface area (Å²) in [5, 5.41) is 0. The second kappa shape index (κ2) is 7.25. The number of thioether (sulfide) groups is 1. The first kappa shape index (κ1) is 16.2. The first-order valence-electron chi connectivity index (χ1n) is 7.37. The Morgan fingerprint density at radius 2 is 2.05 bits per heavy atom. The molecule has 6 heteroatoms. The van der Waals surface area contributed by atoms with Gasteiger partial charge in [0.25, 0.3) is 5.91 Å². The number of halogens is 1. The molecule has 3 nitrogen and oxygen atoms in total. The van der Waals surface area contributed by atoms with Gasteiger partial charge in [0, 0.05) is 4.47 Å². The Morgan fingerprint density at radius 3 is 2.77 bits per heavy atom. The molecule has 0 bridgehead atoms. The van der Waals surface area contributed by atoms with E-state index in [0.29, 0.717) is 15.9 Å². The predicted octanol–water partition coefficient (Wildman–Crippen LogP) is 4.09. The van der Waals surface area contributed by atoms with E-state index in [1.54, 1.807) is 4.90 Å². The van der Waals surface area contributed by atoms with Crippen molar-refractivity contribution in [2.75, 3.05) is 19.8 Å². The number of piperidine rings is 1. The van der Waals surface area contributed by atoms with Crippen LogP contribution in [0, 0.1) is 0 Å². The Morgan fingerprint density at radius 1 is 1.27 bits per heavy atom. The van der Waals surface area contributed by atoms with Crippen LogP contribution in [0.3, 0.4) is 0 Å². The molecule has 0 radical (unpaired) electrons. The Kier molecular flexibility index (Phi) is 5.33. The molecule has 2 heterocycles. The van der Waals surface area contributed by atoms with E-state index in [1.807, 2.05) is 30.3 Å². The summed E-state index contributed by atoms with van der Waals surface area (Å²) in [5.41, 5.74) is 1.01. The van der Waals surface area contributed by atoms with Crippen LogP contribution in [0.4, 0.5) is 0 Å². The molecular weight excluding hydrogens is 380 g/mol. The van der Waals surface area contributed by atoms with E-state index in [9.17, 15) is 4.79 Å². The topological polar surface area (TPSA) is 23.6 Å². The third-order valence-electron chi connectivity index (χ3n) is 3.81. The number of nitrogens with zero attached hydrogens (tertiary/aromatic N) is 2. The van der Waals surface area contributed by atoms with Gasteiger partial charge >= 0.3 is 0 Å². The molecule has 0 atom stereocenters. The second-order valence-electron chi connectivity index (χ2n) is 5.48. The lowest BCUT2D eigenvalue weighted by molar-refractivity contribution is -0.123. The molecule has 1 amide bonds. The maximum atomic E-state index is 12.6. The van der Waals surface area contributed by atoms with Crippen molar-refractivity contribution in [1.29, 1.82) is 0 Å². The minimum Gasteiger partial charge on any atom is -0.286 e. The monoisotopic (exact) mass is 396 g/mol. The summed E-state index contributed by atoms with van der Waals surface area (Å²) in [5.74, 6) is 0.0283. The zero-order valence-corrected chi connectivity index (χ0v) is 15.3. The Hall–Kier alpha value is -0.690. The van der Waals surface area contributed by atoms with Crippen molar-refractivity contribution in [1.82, 2.24) is 9.80 Å². The number of carbonyl (C=O) groups excluding carboxylic acids is 1. The van der Waals surface area contributed by atoms with Crippen LogP contribution in [0.25, 0.3) is 6.08 Å². The summed E-state index contributed by atoms with van der Waals surface area (Å²) >= 11 is 10.2. The molecular formula is C16H17BrN2OS2. The zero-order valence-electron chi connectivity index (χ0n) is 12.1. The van der Waals surface area contributed by atoms with Gasteiger partial charge in [0.2, 0.25) is 0 Å². The molecule has 116 valence electrons. The van der Waals surface area contributed by atoms with Gasteiger partial charge in [0.05, 0.1) is 11.6 Å². The van der Waals surface area contributed by atoms with Crippen molar-refractivity contribution in [3.63, 3.8) is 0 Å². The summed E-state index contributed by atoms with van der Waals surface area (Å²) in [6.07, 6.45) is 5.63. The molecule has 1 aromatic carbocycles. The number of carbonyl (C=O) groups is 1. The van der Waals surface area contributed by atoms with Crippen molar-refractivity contribution in [2.45, 2.75) is 19.3 Å². The minimum absolute atomic E-state index is 0.0283. The van der Waals surface area contributed by atoms with E-state index in [1.165, 1.54) is 31.0 Å². The highest BCUT2D eigenvalue weighted by atomic mass is 79.9. The molecule has 2 aliphatic rings. The van der Waals surface area contributed by atoms with Crippen LogP contribution in [0.15, 0.2) is 33.6 Å². The van der Waals surface area contributed by atoms with Crippen LogP contribution in [0.5, 0.6) is 0 Å². The summed E-state index contributed by atoms with van der Waals surface area (Å²) < 4.78 is 1.67. The molecule has 2 fully saturated rings. The van der Waals surface area contributed by atoms with Crippen LogP contribution >= 0.6 is 39.9 Å². The molecule has 22 heavy (non-hydrogen) atoms. The lowest BCUT2D eigenvalue weighted by Gasteiger charge is -2.29. The van der Waals surface area contributed by atoms with Gasteiger partial charge in [0.1, 0.15) is 4.32 Å². The highest BCUT2D eigenvalue weighted by Gasteiger charge is 2.33. The maximum absolute atomic E-state index is 12.6. The first-order chi connectivity index (χ1) is 10.6. The second-order valence-corrected chi connectivity index (χ2v) is 8.08. The third-order valence-corrected chi connectivity index (χ3v) is 5.68. The minimum atomic E-state index is 0.0283. The average molecular weight is 397 g/mol. The Bertz CT molecular complexity index is 626. The van der Waals surface area contributed by atoms with Gasteiger partial charge in [-0.15, -0.1) is 0 Å². The number of hydrogen-bond acceptors (Lipinski definition) is 4. The molecule has 0 unspecified atom stereocenters. The van der Waals surface area contributed by atoms with Crippen molar-refractivity contribution in [3.05, 3.63) is 39.2 Å². The first-order valence-corrected chi connectivity index (χ1v) is 9.38. The zero-order chi connectivity index (χ0) is 15.5. The molecule has 2 saturated heterocycles. The predicted molar refractivity (Wildman–Crippen MR) is 99.4 cm³/mol. The number of hydrogen-bond donors (Lipinski definition) is 0. The van der Waals surface area contributed by atoms with Gasteiger partial charge in [0.15, 0.2) is 0 Å². The van der Waals surface area contributed by atoms with E-state index in [-0.39, 0.29) is 5.91 Å². The van der Waals surface area contributed by atoms with Crippen LogP contribution in [0.1, 0.15) is 24.8 Å². The van der Waals surface area contributed by atoms with Gasteiger partial charge in [-0.05, 0) is 49.7 Å². The lowest BCUT2D eigenvalue weighted by Crippen LogP contribution is -2.42. The smallest absolute Gasteiger partial charge is 0.267 e. The fourth-order valence-electron chi connectivity index (χ4n) is 2.67. The number of benzene rings is 1. The normalized spacial score (nSPS) is 21.9. The molecule has 2 aliphatic heterocycles. The van der Waals surface area contributed by atoms with Crippen LogP contribution in [-0.2, 0) is 4.79 Å². The van der Waals surface area contributed by atoms with E-state index < -0.39 is 0 Å². The van der Waals surface area contributed by atoms with Gasteiger partial charge in [-0.25, -0.2) is 0 Å². The summed E-state index contributed by atoms with van der Waals surface area (Å²) in [7, 11) is 0. The van der Waals surface area contributed by atoms with Gasteiger partial charge in [-0.2, -0.15) is 0 Å². The van der Waals surface area contributed by atoms with E-state index in [2.05, 4.69) is 20.8 Å². The van der Waals surface area contributed by atoms with Gasteiger partial charge in [-0.3, -0.25) is 14.6 Å². The SMILES string of the molecule is O=C1C(=Cc2cccc(Br)c2)SC(=S)N1CN1CCCCC1. The van der Waals surface area contributed by atoms with E-state index >= 15 is 0 Å². The highest BCUT2D eigenvalue weighted by Crippen LogP contribution is 2.33. The highest BCUT2D eigenvalue weighted by molar-refractivity contribution is 9.10. The molecule has 0 N–H and O–H groups in total. The standard InChI is InChI=1S/C16H17BrN2OS2/c17-13-6-4-5-12(9-13)10-14-15(20)19(16(21)22-14)11-18-7-2-1-3-8-18/h4-6,9-10H,1-3,7-8,11H2. The lowest BCUT2D eigenvalue weighted by atomic mass is 10.1. The fourth-order valence-corrected chi connectivity index (χ4v) is 4.33. The molecule has 0 aromatic heterocycles. The molecule has 1 aromatic rings. The largest absolute Gasteiger partial charge is 0.286 e. The fraction of sp³-hybridized carbons (Fsp3) is 0.375. The van der Waals surface area contributed by atoms with Crippen LogP contribution in [0.2, 0.25) is 0 Å². The number of thiocarbonyl (C=S) groups is 1. The quantitative estimate of drug-likeness (QED) is 0.566. The van der Waals surface area contributed by atoms with Crippen molar-refractivity contribution < 1.29 is 4.79 Å². The molecule has 3 rings (SSSR count). The Balaban J connectivity index is 1.73. The molecule has 0 saturated carbocycles. The Labute approximate surface area is 148 Å². The summed E-state index contributed by atoms with van der Waals surface area (Å²) in [6, 6.07) is 7.92. The van der Waals surface area contributed by atoms with E-state index in [0.717, 1.165) is 23.1 Å². The van der Waals surface area contributed by atoms with Gasteiger partial charge < -0.3 is 0 Å².